The lowest BCUT2D eigenvalue weighted by molar-refractivity contribution is -0.115. The predicted molar refractivity (Wildman–Crippen MR) is 59.2 cm³/mol. The van der Waals surface area contributed by atoms with Crippen LogP contribution in [0.15, 0.2) is 22.9 Å². The zero-order valence-corrected chi connectivity index (χ0v) is 9.52. The lowest BCUT2D eigenvalue weighted by Gasteiger charge is -2.00. The fourth-order valence-corrected chi connectivity index (χ4v) is 0.933. The number of hydrogen-bond donors (Lipinski definition) is 2. The van der Waals surface area contributed by atoms with E-state index >= 15 is 0 Å². The maximum atomic E-state index is 11.3. The highest BCUT2D eigenvalue weighted by Crippen LogP contribution is 2.06. The largest absolute Gasteiger partial charge is 0.501 e. The first kappa shape index (κ1) is 12.8. The Balaban J connectivity index is 2.37. The van der Waals surface area contributed by atoms with E-state index in [1.807, 2.05) is 0 Å². The van der Waals surface area contributed by atoms with Gasteiger partial charge >= 0.3 is 6.03 Å². The zero-order valence-electron chi connectivity index (χ0n) is 9.52. The average Bonchev–Trinajstić information content (AvgIpc) is 2.64. The zero-order chi connectivity index (χ0) is 12.7. The number of anilines is 1. The Morgan fingerprint density at radius 2 is 2.35 bits per heavy atom. The Kier molecular flexibility index (Phi) is 4.74. The number of carbonyl (C=O) groups is 2. The van der Waals surface area contributed by atoms with Crippen molar-refractivity contribution in [3.05, 3.63) is 24.2 Å². The second kappa shape index (κ2) is 6.31. The number of hydrogen-bond acceptors (Lipinski definition) is 5. The van der Waals surface area contributed by atoms with Crippen LogP contribution < -0.4 is 10.6 Å². The molecule has 0 aromatic carbocycles. The Hall–Kier alpha value is -2.31. The Morgan fingerprint density at radius 1 is 1.59 bits per heavy atom. The van der Waals surface area contributed by atoms with Gasteiger partial charge in [-0.2, -0.15) is 0 Å². The summed E-state index contributed by atoms with van der Waals surface area (Å²) in [7, 11) is 0. The predicted octanol–water partition coefficient (Wildman–Crippen LogP) is 1.18. The Bertz CT molecular complexity index is 425. The molecule has 0 atom stereocenters. The van der Waals surface area contributed by atoms with Crippen LogP contribution in [0.5, 0.6) is 0 Å². The summed E-state index contributed by atoms with van der Waals surface area (Å²) in [5, 5.41) is 7.93. The van der Waals surface area contributed by atoms with Gasteiger partial charge in [0, 0.05) is 12.1 Å². The quantitative estimate of drug-likeness (QED) is 0.607. The van der Waals surface area contributed by atoms with Crippen LogP contribution in [0.3, 0.4) is 0 Å². The molecule has 0 saturated heterocycles. The van der Waals surface area contributed by atoms with Crippen LogP contribution in [0.4, 0.5) is 10.6 Å². The molecule has 7 nitrogen and oxygen atoms in total. The molecule has 3 amide bonds. The van der Waals surface area contributed by atoms with Gasteiger partial charge in [0.05, 0.1) is 12.9 Å². The standard InChI is InChI=1S/C10H13N3O4/c1-3-16-5-4-9(14)12-10(15)11-8-6-7(2)17-13-8/h4-6H,3H2,1-2H3,(H2,11,12,13,14,15). The number of carbonyl (C=O) groups excluding carboxylic acids is 2. The first-order valence-corrected chi connectivity index (χ1v) is 4.95. The average molecular weight is 239 g/mol. The second-order valence-electron chi connectivity index (χ2n) is 3.02. The molecule has 1 heterocycles. The smallest absolute Gasteiger partial charge is 0.327 e. The van der Waals surface area contributed by atoms with Gasteiger partial charge in [-0.1, -0.05) is 5.16 Å². The van der Waals surface area contributed by atoms with E-state index < -0.39 is 11.9 Å². The van der Waals surface area contributed by atoms with E-state index in [1.165, 1.54) is 12.3 Å². The van der Waals surface area contributed by atoms with Gasteiger partial charge < -0.3 is 9.26 Å². The van der Waals surface area contributed by atoms with Gasteiger partial charge in [-0.05, 0) is 13.8 Å². The lowest BCUT2D eigenvalue weighted by atomic mass is 10.5. The van der Waals surface area contributed by atoms with Crippen molar-refractivity contribution >= 4 is 17.8 Å². The van der Waals surface area contributed by atoms with Crippen molar-refractivity contribution in [2.45, 2.75) is 13.8 Å². The van der Waals surface area contributed by atoms with Crippen LogP contribution in [0.25, 0.3) is 0 Å². The molecule has 17 heavy (non-hydrogen) atoms. The maximum Gasteiger partial charge on any atom is 0.327 e. The summed E-state index contributed by atoms with van der Waals surface area (Å²) >= 11 is 0. The van der Waals surface area contributed by atoms with E-state index in [0.717, 1.165) is 6.08 Å². The number of rotatable bonds is 4. The van der Waals surface area contributed by atoms with Crippen molar-refractivity contribution in [1.29, 1.82) is 0 Å². The molecule has 0 fully saturated rings. The van der Waals surface area contributed by atoms with Crippen molar-refractivity contribution in [1.82, 2.24) is 10.5 Å². The molecule has 7 heteroatoms. The first-order valence-electron chi connectivity index (χ1n) is 4.95. The molecule has 0 aliphatic rings. The fraction of sp³-hybridized carbons (Fsp3) is 0.300. The summed E-state index contributed by atoms with van der Waals surface area (Å²) in [5.74, 6) is 0.209. The monoisotopic (exact) mass is 239 g/mol. The van der Waals surface area contributed by atoms with Crippen LogP contribution >= 0.6 is 0 Å². The number of urea groups is 1. The van der Waals surface area contributed by atoms with Gasteiger partial charge in [-0.15, -0.1) is 0 Å². The molecule has 2 N–H and O–H groups in total. The minimum atomic E-state index is -0.690. The molecule has 0 radical (unpaired) electrons. The van der Waals surface area contributed by atoms with E-state index in [9.17, 15) is 9.59 Å². The van der Waals surface area contributed by atoms with Crippen molar-refractivity contribution in [3.63, 3.8) is 0 Å². The third-order valence-corrected chi connectivity index (χ3v) is 1.59. The van der Waals surface area contributed by atoms with Crippen LogP contribution in [0, 0.1) is 6.92 Å². The van der Waals surface area contributed by atoms with E-state index in [4.69, 9.17) is 9.26 Å². The summed E-state index contributed by atoms with van der Waals surface area (Å²) in [6.07, 6.45) is 2.32. The van der Waals surface area contributed by atoms with Crippen molar-refractivity contribution in [3.8, 4) is 0 Å². The van der Waals surface area contributed by atoms with Gasteiger partial charge in [-0.25, -0.2) is 4.79 Å². The highest BCUT2D eigenvalue weighted by atomic mass is 16.5. The summed E-state index contributed by atoms with van der Waals surface area (Å²) in [6, 6.07) is 0.838. The van der Waals surface area contributed by atoms with E-state index in [2.05, 4.69) is 15.8 Å². The summed E-state index contributed by atoms with van der Waals surface area (Å²) in [5.41, 5.74) is 0. The number of nitrogens with one attached hydrogen (secondary N) is 2. The summed E-state index contributed by atoms with van der Waals surface area (Å²) < 4.78 is 9.55. The van der Waals surface area contributed by atoms with Gasteiger partial charge in [0.1, 0.15) is 5.76 Å². The maximum absolute atomic E-state index is 11.3. The highest BCUT2D eigenvalue weighted by molar-refractivity contribution is 6.04. The van der Waals surface area contributed by atoms with Gasteiger partial charge in [-0.3, -0.25) is 15.4 Å². The second-order valence-corrected chi connectivity index (χ2v) is 3.02. The lowest BCUT2D eigenvalue weighted by Crippen LogP contribution is -2.33. The minimum Gasteiger partial charge on any atom is -0.501 e. The SMILES string of the molecule is CCOC=CC(=O)NC(=O)Nc1cc(C)on1. The molecular weight excluding hydrogens is 226 g/mol. The van der Waals surface area contributed by atoms with E-state index in [0.29, 0.717) is 12.4 Å². The third-order valence-electron chi connectivity index (χ3n) is 1.59. The molecular formula is C10H13N3O4. The summed E-state index contributed by atoms with van der Waals surface area (Å²) in [6.45, 7) is 3.92. The molecule has 0 aliphatic carbocycles. The number of nitrogens with zero attached hydrogens (tertiary/aromatic N) is 1. The Labute approximate surface area is 97.8 Å². The van der Waals surface area contributed by atoms with E-state index in [-0.39, 0.29) is 5.82 Å². The first-order chi connectivity index (χ1) is 8.11. The van der Waals surface area contributed by atoms with Crippen molar-refractivity contribution < 1.29 is 18.8 Å². The molecule has 0 bridgehead atoms. The number of imide groups is 1. The van der Waals surface area contributed by atoms with Gasteiger partial charge in [0.25, 0.3) is 5.91 Å². The molecule has 0 spiro atoms. The fourth-order valence-electron chi connectivity index (χ4n) is 0.933. The van der Waals surface area contributed by atoms with E-state index in [1.54, 1.807) is 13.8 Å². The highest BCUT2D eigenvalue weighted by Gasteiger charge is 2.07. The minimum absolute atomic E-state index is 0.238. The molecule has 92 valence electrons. The molecule has 1 rings (SSSR count). The van der Waals surface area contributed by atoms with Gasteiger partial charge in [0.2, 0.25) is 0 Å². The summed E-state index contributed by atoms with van der Waals surface area (Å²) in [4.78, 5) is 22.4. The molecule has 1 aromatic rings. The number of ether oxygens (including phenoxy) is 1. The topological polar surface area (TPSA) is 93.5 Å². The van der Waals surface area contributed by atoms with Gasteiger partial charge in [0.15, 0.2) is 5.82 Å². The van der Waals surface area contributed by atoms with Crippen molar-refractivity contribution in [2.24, 2.45) is 0 Å². The third kappa shape index (κ3) is 4.83. The molecule has 1 aromatic heterocycles. The Morgan fingerprint density at radius 3 is 2.94 bits per heavy atom. The number of amides is 3. The molecule has 0 aliphatic heterocycles. The van der Waals surface area contributed by atoms with Crippen LogP contribution in [0.1, 0.15) is 12.7 Å². The molecule has 0 unspecified atom stereocenters. The van der Waals surface area contributed by atoms with Crippen LogP contribution in [-0.2, 0) is 9.53 Å². The normalized spacial score (nSPS) is 10.2. The van der Waals surface area contributed by atoms with Crippen LogP contribution in [-0.4, -0.2) is 23.7 Å². The number of aryl methyl sites for hydroxylation is 1. The molecule has 0 saturated carbocycles. The van der Waals surface area contributed by atoms with Crippen molar-refractivity contribution in [2.75, 3.05) is 11.9 Å². The van der Waals surface area contributed by atoms with Crippen LogP contribution in [0.2, 0.25) is 0 Å². The number of aromatic nitrogens is 1.